The van der Waals surface area contributed by atoms with Gasteiger partial charge in [0.05, 0.1) is 12.7 Å². The van der Waals surface area contributed by atoms with E-state index in [0.717, 1.165) is 43.8 Å². The van der Waals surface area contributed by atoms with E-state index in [-0.39, 0.29) is 35.9 Å². The van der Waals surface area contributed by atoms with Gasteiger partial charge >= 0.3 is 0 Å². The highest BCUT2D eigenvalue weighted by Gasteiger charge is 2.38. The molecule has 2 aliphatic rings. The summed E-state index contributed by atoms with van der Waals surface area (Å²) in [5.41, 5.74) is 4.25. The van der Waals surface area contributed by atoms with Crippen LogP contribution in [0.5, 0.6) is 5.75 Å². The summed E-state index contributed by atoms with van der Waals surface area (Å²) in [7, 11) is 0. The van der Waals surface area contributed by atoms with Crippen LogP contribution < -0.4 is 4.74 Å². The lowest BCUT2D eigenvalue weighted by Gasteiger charge is -2.44. The van der Waals surface area contributed by atoms with Gasteiger partial charge < -0.3 is 9.72 Å². The largest absolute Gasteiger partial charge is 0.492 e. The summed E-state index contributed by atoms with van der Waals surface area (Å²) in [5.74, 6) is 0.457. The number of ether oxygens (including phenoxy) is 1. The molecule has 35 heavy (non-hydrogen) atoms. The Balaban J connectivity index is 1.42. The summed E-state index contributed by atoms with van der Waals surface area (Å²) in [4.78, 5) is 8.25. The fourth-order valence-corrected chi connectivity index (χ4v) is 5.71. The van der Waals surface area contributed by atoms with Gasteiger partial charge in [0.2, 0.25) is 0 Å². The highest BCUT2D eigenvalue weighted by molar-refractivity contribution is 5.85. The van der Waals surface area contributed by atoms with Crippen molar-refractivity contribution >= 4 is 10.9 Å². The summed E-state index contributed by atoms with van der Waals surface area (Å²) in [6, 6.07) is 13.8. The molecule has 4 nitrogen and oxygen atoms in total. The molecule has 1 aromatic heterocycles. The number of nitrogens with zero attached hydrogens (tertiary/aromatic N) is 2. The Bertz CT molecular complexity index is 1180. The first-order valence-electron chi connectivity index (χ1n) is 12.8. The average molecular weight is 482 g/mol. The Labute approximate surface area is 207 Å². The van der Waals surface area contributed by atoms with E-state index in [2.05, 4.69) is 60.7 Å². The van der Waals surface area contributed by atoms with E-state index in [1.807, 2.05) is 18.2 Å². The maximum atomic E-state index is 15.7. The molecule has 0 radical (unpaired) electrons. The molecule has 0 unspecified atom stereocenters. The van der Waals surface area contributed by atoms with E-state index < -0.39 is 0 Å². The molecule has 6 heteroatoms. The molecule has 5 rings (SSSR count). The molecule has 3 aromatic rings. The predicted molar refractivity (Wildman–Crippen MR) is 137 cm³/mol. The molecule has 0 aliphatic carbocycles. The maximum absolute atomic E-state index is 15.7. The van der Waals surface area contributed by atoms with Crippen molar-refractivity contribution in [2.24, 2.45) is 11.3 Å². The molecule has 0 amide bonds. The van der Waals surface area contributed by atoms with E-state index in [9.17, 15) is 4.39 Å². The quantitative estimate of drug-likeness (QED) is 0.451. The first-order chi connectivity index (χ1) is 16.7. The Morgan fingerprint density at radius 3 is 2.60 bits per heavy atom. The molecule has 2 aliphatic heterocycles. The molecule has 1 fully saturated rings. The van der Waals surface area contributed by atoms with Crippen molar-refractivity contribution in [2.45, 2.75) is 46.2 Å². The second-order valence-electron chi connectivity index (χ2n) is 11.6. The second kappa shape index (κ2) is 9.55. The molecule has 0 saturated carbocycles. The zero-order chi connectivity index (χ0) is 24.7. The number of fused-ring (bicyclic) bond motifs is 3. The van der Waals surface area contributed by atoms with Crippen LogP contribution in [0.4, 0.5) is 8.78 Å². The molecule has 188 valence electrons. The van der Waals surface area contributed by atoms with Crippen molar-refractivity contribution < 1.29 is 13.5 Å². The van der Waals surface area contributed by atoms with Crippen LogP contribution in [-0.2, 0) is 6.42 Å². The van der Waals surface area contributed by atoms with E-state index in [1.165, 1.54) is 17.0 Å². The topological polar surface area (TPSA) is 31.5 Å². The molecule has 0 bridgehead atoms. The van der Waals surface area contributed by atoms with Crippen LogP contribution in [0.25, 0.3) is 10.9 Å². The molecular formula is C29H37F2N3O. The molecule has 1 saturated heterocycles. The Morgan fingerprint density at radius 2 is 1.89 bits per heavy atom. The number of para-hydroxylation sites is 1. The number of aromatic amines is 1. The molecular weight excluding hydrogens is 444 g/mol. The zero-order valence-corrected chi connectivity index (χ0v) is 21.3. The number of aromatic nitrogens is 1. The zero-order valence-electron chi connectivity index (χ0n) is 21.3. The fraction of sp³-hybridized carbons (Fsp3) is 0.517. The van der Waals surface area contributed by atoms with Crippen LogP contribution in [0, 0.1) is 17.2 Å². The van der Waals surface area contributed by atoms with Gasteiger partial charge in [-0.1, -0.05) is 45.0 Å². The number of halogens is 2. The average Bonchev–Trinajstić information content (AvgIpc) is 3.13. The van der Waals surface area contributed by atoms with Crippen LogP contribution in [0.3, 0.4) is 0 Å². The Morgan fingerprint density at radius 1 is 1.11 bits per heavy atom. The smallest absolute Gasteiger partial charge is 0.132 e. The van der Waals surface area contributed by atoms with E-state index in [4.69, 9.17) is 4.74 Å². The minimum absolute atomic E-state index is 0.0770. The first-order valence-corrected chi connectivity index (χ1v) is 12.8. The lowest BCUT2D eigenvalue weighted by molar-refractivity contribution is 0.0667. The van der Waals surface area contributed by atoms with Crippen molar-refractivity contribution in [2.75, 3.05) is 39.5 Å². The van der Waals surface area contributed by atoms with Crippen LogP contribution in [0.2, 0.25) is 0 Å². The second-order valence-corrected chi connectivity index (χ2v) is 11.6. The highest BCUT2D eigenvalue weighted by Crippen LogP contribution is 2.43. The van der Waals surface area contributed by atoms with Crippen LogP contribution in [-0.4, -0.2) is 60.3 Å². The first kappa shape index (κ1) is 24.3. The monoisotopic (exact) mass is 481 g/mol. The minimum atomic E-state index is -0.256. The molecule has 1 N–H and O–H groups in total. The van der Waals surface area contributed by atoms with Gasteiger partial charge in [0.25, 0.3) is 0 Å². The standard InChI is InChI=1S/C29H37F2N3O/c1-19-13-24-22-7-5-6-8-26(22)32-27(24)28(34(19)18-29(2,3)4)23-10-9-21(14-25(23)31)35-12-11-33-16-20(15-30)17-33/h5-10,14,19-20,28,32H,11-13,15-18H2,1-4H3/t19-,28-/m1/s1. The number of hydrogen-bond donors (Lipinski definition) is 1. The molecule has 2 atom stereocenters. The van der Waals surface area contributed by atoms with Crippen molar-refractivity contribution in [1.29, 1.82) is 0 Å². The van der Waals surface area contributed by atoms with Gasteiger partial charge in [0.15, 0.2) is 0 Å². The maximum Gasteiger partial charge on any atom is 0.132 e. The normalized spacial score (nSPS) is 21.8. The molecule has 3 heterocycles. The third-order valence-electron chi connectivity index (χ3n) is 7.37. The van der Waals surface area contributed by atoms with Gasteiger partial charge in [-0.2, -0.15) is 0 Å². The summed E-state index contributed by atoms with van der Waals surface area (Å²) >= 11 is 0. The number of H-pyrrole nitrogens is 1. The third-order valence-corrected chi connectivity index (χ3v) is 7.37. The van der Waals surface area contributed by atoms with E-state index in [0.29, 0.717) is 17.9 Å². The number of likely N-dealkylation sites (tertiary alicyclic amines) is 1. The Kier molecular flexibility index (Phi) is 6.62. The van der Waals surface area contributed by atoms with Gasteiger partial charge in [-0.3, -0.25) is 14.2 Å². The van der Waals surface area contributed by atoms with Gasteiger partial charge in [-0.05, 0) is 36.5 Å². The van der Waals surface area contributed by atoms with Crippen molar-refractivity contribution in [3.05, 3.63) is 65.1 Å². The molecule has 0 spiro atoms. The molecule has 2 aromatic carbocycles. The van der Waals surface area contributed by atoms with E-state index >= 15 is 4.39 Å². The van der Waals surface area contributed by atoms with Crippen LogP contribution in [0.1, 0.15) is 50.6 Å². The lowest BCUT2D eigenvalue weighted by Crippen LogP contribution is -2.49. The van der Waals surface area contributed by atoms with Crippen molar-refractivity contribution in [1.82, 2.24) is 14.8 Å². The van der Waals surface area contributed by atoms with E-state index in [1.54, 1.807) is 0 Å². The van der Waals surface area contributed by atoms with Crippen molar-refractivity contribution in [3.63, 3.8) is 0 Å². The van der Waals surface area contributed by atoms with Crippen LogP contribution in [0.15, 0.2) is 42.5 Å². The third kappa shape index (κ3) is 4.96. The van der Waals surface area contributed by atoms with Crippen molar-refractivity contribution in [3.8, 4) is 5.75 Å². The number of nitrogens with one attached hydrogen (secondary N) is 1. The Hall–Kier alpha value is -2.44. The number of hydrogen-bond acceptors (Lipinski definition) is 3. The minimum Gasteiger partial charge on any atom is -0.492 e. The number of benzene rings is 2. The SMILES string of the molecule is C[C@@H]1Cc2c([nH]c3ccccc23)[C@@H](c2ccc(OCCN3CC(CF)C3)cc2F)N1CC(C)(C)C. The summed E-state index contributed by atoms with van der Waals surface area (Å²) in [6.07, 6.45) is 0.939. The number of rotatable bonds is 7. The van der Waals surface area contributed by atoms with Gasteiger partial charge in [-0.25, -0.2) is 4.39 Å². The highest BCUT2D eigenvalue weighted by atomic mass is 19.1. The summed E-state index contributed by atoms with van der Waals surface area (Å²) < 4.78 is 34.2. The summed E-state index contributed by atoms with van der Waals surface area (Å²) in [6.45, 7) is 12.3. The van der Waals surface area contributed by atoms with Gasteiger partial charge in [0.1, 0.15) is 18.2 Å². The lowest BCUT2D eigenvalue weighted by atomic mass is 9.85. The van der Waals surface area contributed by atoms with Gasteiger partial charge in [0, 0.05) is 66.4 Å². The fourth-order valence-electron chi connectivity index (χ4n) is 5.71. The predicted octanol–water partition coefficient (Wildman–Crippen LogP) is 5.97. The number of alkyl halides is 1. The summed E-state index contributed by atoms with van der Waals surface area (Å²) in [5, 5.41) is 1.23. The van der Waals surface area contributed by atoms with Gasteiger partial charge in [-0.15, -0.1) is 0 Å². The van der Waals surface area contributed by atoms with Crippen LogP contribution >= 0.6 is 0 Å².